The zero-order chi connectivity index (χ0) is 12.0. The van der Waals surface area contributed by atoms with Gasteiger partial charge in [0.15, 0.2) is 0 Å². The molecule has 0 saturated carbocycles. The summed E-state index contributed by atoms with van der Waals surface area (Å²) in [6, 6.07) is 1.99. The maximum absolute atomic E-state index is 5.99. The zero-order valence-electron chi connectivity index (χ0n) is 10.0. The average molecular weight is 242 g/mol. The summed E-state index contributed by atoms with van der Waals surface area (Å²) in [5.41, 5.74) is 6.60. The van der Waals surface area contributed by atoms with Crippen LogP contribution in [0.25, 0.3) is 0 Å². The topological polar surface area (TPSA) is 42.1 Å². The van der Waals surface area contributed by atoms with Gasteiger partial charge in [-0.3, -0.25) is 0 Å². The van der Waals surface area contributed by atoms with Crippen LogP contribution in [-0.4, -0.2) is 18.1 Å². The van der Waals surface area contributed by atoms with Gasteiger partial charge in [0.1, 0.15) is 5.82 Å². The molecule has 1 rings (SSSR count). The Morgan fingerprint density at radius 1 is 1.31 bits per heavy atom. The summed E-state index contributed by atoms with van der Waals surface area (Å²) in [7, 11) is 0. The molecule has 0 saturated heterocycles. The van der Waals surface area contributed by atoms with Gasteiger partial charge in [0, 0.05) is 25.8 Å². The fourth-order valence-corrected chi connectivity index (χ4v) is 1.86. The Balaban J connectivity index is 2.90. The van der Waals surface area contributed by atoms with Crippen LogP contribution >= 0.6 is 11.6 Å². The van der Waals surface area contributed by atoms with Gasteiger partial charge in [-0.1, -0.05) is 25.4 Å². The molecule has 0 amide bonds. The van der Waals surface area contributed by atoms with Gasteiger partial charge in [-0.2, -0.15) is 0 Å². The van der Waals surface area contributed by atoms with Gasteiger partial charge in [-0.15, -0.1) is 0 Å². The largest absolute Gasteiger partial charge is 0.357 e. The van der Waals surface area contributed by atoms with Crippen molar-refractivity contribution in [1.29, 1.82) is 0 Å². The van der Waals surface area contributed by atoms with Crippen LogP contribution in [0.15, 0.2) is 12.3 Å². The van der Waals surface area contributed by atoms with Gasteiger partial charge in [-0.05, 0) is 24.5 Å². The second-order valence-electron chi connectivity index (χ2n) is 3.83. The second kappa shape index (κ2) is 6.71. The van der Waals surface area contributed by atoms with E-state index in [9.17, 15) is 0 Å². The average Bonchev–Trinajstić information content (AvgIpc) is 2.29. The van der Waals surface area contributed by atoms with Gasteiger partial charge >= 0.3 is 0 Å². The number of nitrogens with two attached hydrogens (primary N) is 1. The van der Waals surface area contributed by atoms with E-state index in [0.717, 1.165) is 37.3 Å². The summed E-state index contributed by atoms with van der Waals surface area (Å²) in [5.74, 6) is 0.980. The van der Waals surface area contributed by atoms with Crippen LogP contribution in [0.2, 0.25) is 5.02 Å². The molecule has 0 bridgehead atoms. The molecule has 0 aliphatic rings. The predicted octanol–water partition coefficient (Wildman–Crippen LogP) is 2.82. The van der Waals surface area contributed by atoms with E-state index in [2.05, 4.69) is 23.7 Å². The normalized spacial score (nSPS) is 10.5. The van der Waals surface area contributed by atoms with E-state index in [1.54, 1.807) is 6.20 Å². The lowest BCUT2D eigenvalue weighted by Crippen LogP contribution is -2.26. The van der Waals surface area contributed by atoms with Crippen LogP contribution in [0.5, 0.6) is 0 Å². The number of aromatic nitrogens is 1. The maximum Gasteiger partial charge on any atom is 0.128 e. The van der Waals surface area contributed by atoms with Crippen molar-refractivity contribution in [3.63, 3.8) is 0 Å². The Bertz CT molecular complexity index is 322. The highest BCUT2D eigenvalue weighted by molar-refractivity contribution is 6.31. The summed E-state index contributed by atoms with van der Waals surface area (Å²) < 4.78 is 0. The molecule has 0 radical (unpaired) electrons. The molecule has 4 heteroatoms. The first-order valence-corrected chi connectivity index (χ1v) is 6.20. The van der Waals surface area contributed by atoms with Crippen molar-refractivity contribution in [3.8, 4) is 0 Å². The maximum atomic E-state index is 5.99. The molecule has 0 unspecified atom stereocenters. The molecule has 2 N–H and O–H groups in total. The van der Waals surface area contributed by atoms with Crippen LogP contribution in [0, 0.1) is 0 Å². The van der Waals surface area contributed by atoms with Crippen molar-refractivity contribution in [2.75, 3.05) is 18.0 Å². The van der Waals surface area contributed by atoms with Crippen molar-refractivity contribution in [1.82, 2.24) is 4.98 Å². The summed E-state index contributed by atoms with van der Waals surface area (Å²) in [4.78, 5) is 6.64. The number of rotatable bonds is 6. The molecule has 16 heavy (non-hydrogen) atoms. The minimum absolute atomic E-state index is 0.459. The third kappa shape index (κ3) is 3.35. The van der Waals surface area contributed by atoms with Crippen LogP contribution in [0.3, 0.4) is 0 Å². The van der Waals surface area contributed by atoms with E-state index >= 15 is 0 Å². The van der Waals surface area contributed by atoms with Crippen molar-refractivity contribution < 1.29 is 0 Å². The van der Waals surface area contributed by atoms with E-state index in [0.29, 0.717) is 11.6 Å². The highest BCUT2D eigenvalue weighted by Gasteiger charge is 2.08. The number of halogens is 1. The standard InChI is InChI=1S/C12H20ClN3/c1-3-5-16(6-4-2)12-7-10(8-14)11(13)9-15-12/h7,9H,3-6,8,14H2,1-2H3. The van der Waals surface area contributed by atoms with Crippen molar-refractivity contribution in [3.05, 3.63) is 22.8 Å². The first kappa shape index (κ1) is 13.3. The molecule has 1 aromatic rings. The minimum Gasteiger partial charge on any atom is -0.357 e. The molecule has 1 heterocycles. The van der Waals surface area contributed by atoms with Gasteiger partial charge < -0.3 is 10.6 Å². The van der Waals surface area contributed by atoms with Crippen LogP contribution in [0.1, 0.15) is 32.3 Å². The predicted molar refractivity (Wildman–Crippen MR) is 69.9 cm³/mol. The first-order valence-electron chi connectivity index (χ1n) is 5.82. The summed E-state index contributed by atoms with van der Waals surface area (Å²) in [6.07, 6.45) is 3.92. The van der Waals surface area contributed by atoms with E-state index in [1.165, 1.54) is 0 Å². The Morgan fingerprint density at radius 3 is 2.44 bits per heavy atom. The Morgan fingerprint density at radius 2 is 1.94 bits per heavy atom. The number of nitrogens with zero attached hydrogens (tertiary/aromatic N) is 2. The van der Waals surface area contributed by atoms with Gasteiger partial charge in [-0.25, -0.2) is 4.98 Å². The van der Waals surface area contributed by atoms with Crippen LogP contribution in [0.4, 0.5) is 5.82 Å². The molecule has 1 aromatic heterocycles. The monoisotopic (exact) mass is 241 g/mol. The number of hydrogen-bond donors (Lipinski definition) is 1. The van der Waals surface area contributed by atoms with Gasteiger partial charge in [0.05, 0.1) is 5.02 Å². The molecular formula is C12H20ClN3. The second-order valence-corrected chi connectivity index (χ2v) is 4.23. The fraction of sp³-hybridized carbons (Fsp3) is 0.583. The van der Waals surface area contributed by atoms with Gasteiger partial charge in [0.2, 0.25) is 0 Å². The molecular weight excluding hydrogens is 222 g/mol. The molecule has 0 aliphatic heterocycles. The lowest BCUT2D eigenvalue weighted by Gasteiger charge is -2.23. The Hall–Kier alpha value is -0.800. The van der Waals surface area contributed by atoms with Crippen LogP contribution in [-0.2, 0) is 6.54 Å². The Kier molecular flexibility index (Phi) is 5.56. The minimum atomic E-state index is 0.459. The van der Waals surface area contributed by atoms with E-state index in [-0.39, 0.29) is 0 Å². The molecule has 90 valence electrons. The third-order valence-corrected chi connectivity index (χ3v) is 2.79. The van der Waals surface area contributed by atoms with E-state index < -0.39 is 0 Å². The number of anilines is 1. The molecule has 0 spiro atoms. The van der Waals surface area contributed by atoms with Crippen molar-refractivity contribution >= 4 is 17.4 Å². The van der Waals surface area contributed by atoms with Crippen molar-refractivity contribution in [2.24, 2.45) is 5.73 Å². The van der Waals surface area contributed by atoms with E-state index in [4.69, 9.17) is 17.3 Å². The highest BCUT2D eigenvalue weighted by Crippen LogP contribution is 2.20. The Labute approximate surface area is 103 Å². The van der Waals surface area contributed by atoms with E-state index in [1.807, 2.05) is 6.07 Å². The lowest BCUT2D eigenvalue weighted by molar-refractivity contribution is 0.733. The SMILES string of the molecule is CCCN(CCC)c1cc(CN)c(Cl)cn1. The first-order chi connectivity index (χ1) is 7.72. The zero-order valence-corrected chi connectivity index (χ0v) is 10.8. The molecule has 0 fully saturated rings. The summed E-state index contributed by atoms with van der Waals surface area (Å²) >= 11 is 5.99. The molecule has 0 aliphatic carbocycles. The third-order valence-electron chi connectivity index (χ3n) is 2.45. The highest BCUT2D eigenvalue weighted by atomic mass is 35.5. The quantitative estimate of drug-likeness (QED) is 0.833. The van der Waals surface area contributed by atoms with Crippen molar-refractivity contribution in [2.45, 2.75) is 33.2 Å². The smallest absolute Gasteiger partial charge is 0.128 e. The number of hydrogen-bond acceptors (Lipinski definition) is 3. The van der Waals surface area contributed by atoms with Gasteiger partial charge in [0.25, 0.3) is 0 Å². The summed E-state index contributed by atoms with van der Waals surface area (Å²) in [5, 5.41) is 0.652. The fourth-order valence-electron chi connectivity index (χ4n) is 1.68. The molecule has 3 nitrogen and oxygen atoms in total. The van der Waals surface area contributed by atoms with Crippen LogP contribution < -0.4 is 10.6 Å². The lowest BCUT2D eigenvalue weighted by atomic mass is 10.2. The number of pyridine rings is 1. The molecule has 0 aromatic carbocycles. The summed E-state index contributed by atoms with van der Waals surface area (Å²) in [6.45, 7) is 6.84. The molecule has 0 atom stereocenters.